The molecule has 9 heteroatoms. The fraction of sp³-hybridized carbons (Fsp3) is 0.929. The fourth-order valence-corrected chi connectivity index (χ4v) is 4.50. The Labute approximate surface area is 225 Å². The largest absolute Gasteiger partial charge is 0.469 e. The van der Waals surface area contributed by atoms with Crippen molar-refractivity contribution < 1.29 is 37.9 Å². The molecule has 0 saturated heterocycles. The van der Waals surface area contributed by atoms with Crippen molar-refractivity contribution in [1.29, 1.82) is 0 Å². The van der Waals surface area contributed by atoms with Gasteiger partial charge in [0.25, 0.3) is 0 Å². The summed E-state index contributed by atoms with van der Waals surface area (Å²) in [6.07, 6.45) is 21.2. The summed E-state index contributed by atoms with van der Waals surface area (Å²) >= 11 is 0. The van der Waals surface area contributed by atoms with Gasteiger partial charge in [-0.15, -0.1) is 0 Å². The smallest absolute Gasteiger partial charge is 0.462 e. The molecular weight excluding hydrogens is 495 g/mol. The summed E-state index contributed by atoms with van der Waals surface area (Å²) in [6, 6.07) is 0. The molecule has 2 N–H and O–H groups in total. The maximum Gasteiger partial charge on any atom is 0.469 e. The number of esters is 2. The third kappa shape index (κ3) is 27.9. The normalized spacial score (nSPS) is 12.4. The van der Waals surface area contributed by atoms with Crippen LogP contribution in [-0.2, 0) is 28.2 Å². The molecule has 8 nitrogen and oxygen atoms in total. The highest BCUT2D eigenvalue weighted by molar-refractivity contribution is 7.46. The van der Waals surface area contributed by atoms with Crippen LogP contribution in [0.25, 0.3) is 0 Å². The molecule has 220 valence electrons. The third-order valence-electron chi connectivity index (χ3n) is 6.38. The van der Waals surface area contributed by atoms with E-state index in [1.807, 2.05) is 0 Å². The van der Waals surface area contributed by atoms with Crippen molar-refractivity contribution in [2.75, 3.05) is 13.2 Å². The van der Waals surface area contributed by atoms with E-state index >= 15 is 0 Å². The predicted molar refractivity (Wildman–Crippen MR) is 147 cm³/mol. The minimum atomic E-state index is -4.73. The summed E-state index contributed by atoms with van der Waals surface area (Å²) in [5.74, 6) is -0.885. The van der Waals surface area contributed by atoms with Crippen LogP contribution in [0, 0.1) is 0 Å². The zero-order valence-corrected chi connectivity index (χ0v) is 24.5. The van der Waals surface area contributed by atoms with Crippen LogP contribution < -0.4 is 0 Å². The van der Waals surface area contributed by atoms with Crippen LogP contribution in [0.2, 0.25) is 0 Å². The van der Waals surface area contributed by atoms with Crippen molar-refractivity contribution in [3.8, 4) is 0 Å². The number of carbonyl (C=O) groups is 2. The highest BCUT2D eigenvalue weighted by atomic mass is 31.2. The van der Waals surface area contributed by atoms with Gasteiger partial charge in [-0.25, -0.2) is 4.57 Å². The van der Waals surface area contributed by atoms with Gasteiger partial charge < -0.3 is 19.3 Å². The maximum absolute atomic E-state index is 12.2. The summed E-state index contributed by atoms with van der Waals surface area (Å²) in [7, 11) is -4.73. The molecular formula is C28H55O8P. The second-order valence-electron chi connectivity index (χ2n) is 10.1. The zero-order valence-electron chi connectivity index (χ0n) is 23.6. The van der Waals surface area contributed by atoms with Crippen molar-refractivity contribution in [3.63, 3.8) is 0 Å². The molecule has 0 aromatic heterocycles. The van der Waals surface area contributed by atoms with Crippen molar-refractivity contribution in [1.82, 2.24) is 0 Å². The minimum Gasteiger partial charge on any atom is -0.462 e. The number of rotatable bonds is 27. The second kappa shape index (κ2) is 25.3. The zero-order chi connectivity index (χ0) is 27.6. The highest BCUT2D eigenvalue weighted by Gasteiger charge is 2.22. The molecule has 0 bridgehead atoms. The Hall–Kier alpha value is -0.950. The standard InChI is InChI=1S/C28H55O8P/c1-3-5-7-9-11-13-15-17-19-21-23-28(30)36-26(25-35-37(31,32)33)24-34-27(29)22-20-18-16-14-12-10-8-6-4-2/h26H,3-25H2,1-2H3,(H2,31,32,33). The lowest BCUT2D eigenvalue weighted by atomic mass is 10.1. The first-order valence-electron chi connectivity index (χ1n) is 14.8. The second-order valence-corrected chi connectivity index (χ2v) is 11.3. The average Bonchev–Trinajstić information content (AvgIpc) is 2.85. The van der Waals surface area contributed by atoms with Gasteiger partial charge in [0, 0.05) is 12.8 Å². The van der Waals surface area contributed by atoms with Crippen LogP contribution in [0.3, 0.4) is 0 Å². The summed E-state index contributed by atoms with van der Waals surface area (Å²) < 4.78 is 26.0. The van der Waals surface area contributed by atoms with E-state index in [1.165, 1.54) is 77.0 Å². The molecule has 0 heterocycles. The third-order valence-corrected chi connectivity index (χ3v) is 6.86. The Balaban J connectivity index is 4.07. The van der Waals surface area contributed by atoms with Gasteiger partial charge >= 0.3 is 19.8 Å². The molecule has 0 aliphatic carbocycles. The maximum atomic E-state index is 12.2. The van der Waals surface area contributed by atoms with Crippen LogP contribution in [0.15, 0.2) is 0 Å². The molecule has 0 rings (SSSR count). The van der Waals surface area contributed by atoms with Crippen LogP contribution >= 0.6 is 7.82 Å². The van der Waals surface area contributed by atoms with Crippen molar-refractivity contribution in [2.45, 2.75) is 155 Å². The van der Waals surface area contributed by atoms with Gasteiger partial charge in [0.1, 0.15) is 6.61 Å². The Morgan fingerprint density at radius 1 is 0.595 bits per heavy atom. The van der Waals surface area contributed by atoms with Gasteiger partial charge in [-0.05, 0) is 12.8 Å². The quantitative estimate of drug-likeness (QED) is 0.0604. The van der Waals surface area contributed by atoms with Gasteiger partial charge in [0.05, 0.1) is 6.61 Å². The Kier molecular flexibility index (Phi) is 24.7. The van der Waals surface area contributed by atoms with E-state index in [2.05, 4.69) is 18.4 Å². The van der Waals surface area contributed by atoms with Gasteiger partial charge in [0.2, 0.25) is 0 Å². The number of carbonyl (C=O) groups excluding carboxylic acids is 2. The van der Waals surface area contributed by atoms with E-state index in [9.17, 15) is 14.2 Å². The van der Waals surface area contributed by atoms with Crippen LogP contribution in [-0.4, -0.2) is 41.0 Å². The van der Waals surface area contributed by atoms with E-state index in [1.54, 1.807) is 0 Å². The molecule has 0 amide bonds. The molecule has 0 saturated carbocycles. The Bertz CT molecular complexity index is 593. The lowest BCUT2D eigenvalue weighted by Crippen LogP contribution is -2.29. The predicted octanol–water partition coefficient (Wildman–Crippen LogP) is 7.78. The lowest BCUT2D eigenvalue weighted by molar-refractivity contribution is -0.161. The Morgan fingerprint density at radius 2 is 0.973 bits per heavy atom. The molecule has 0 aromatic rings. The molecule has 37 heavy (non-hydrogen) atoms. The summed E-state index contributed by atoms with van der Waals surface area (Å²) in [6.45, 7) is 3.61. The molecule has 0 aliphatic heterocycles. The number of phosphoric ester groups is 1. The van der Waals surface area contributed by atoms with Crippen LogP contribution in [0.4, 0.5) is 0 Å². The number of unbranched alkanes of at least 4 members (excludes halogenated alkanes) is 17. The van der Waals surface area contributed by atoms with Crippen LogP contribution in [0.1, 0.15) is 149 Å². The van der Waals surface area contributed by atoms with E-state index in [0.717, 1.165) is 38.5 Å². The Morgan fingerprint density at radius 3 is 1.38 bits per heavy atom. The van der Waals surface area contributed by atoms with Crippen LogP contribution in [0.5, 0.6) is 0 Å². The van der Waals surface area contributed by atoms with Crippen molar-refractivity contribution in [2.24, 2.45) is 0 Å². The molecule has 1 atom stereocenters. The first-order valence-corrected chi connectivity index (χ1v) is 16.4. The number of hydrogen-bond donors (Lipinski definition) is 2. The van der Waals surface area contributed by atoms with Crippen molar-refractivity contribution >= 4 is 19.8 Å². The number of hydrogen-bond acceptors (Lipinski definition) is 6. The van der Waals surface area contributed by atoms with Gasteiger partial charge in [-0.1, -0.05) is 123 Å². The molecule has 0 aromatic carbocycles. The first-order chi connectivity index (χ1) is 17.8. The molecule has 1 unspecified atom stereocenters. The molecule has 0 spiro atoms. The average molecular weight is 551 g/mol. The number of phosphoric acid groups is 1. The summed E-state index contributed by atoms with van der Waals surface area (Å²) in [5, 5.41) is 0. The highest BCUT2D eigenvalue weighted by Crippen LogP contribution is 2.35. The van der Waals surface area contributed by atoms with Gasteiger partial charge in [-0.2, -0.15) is 0 Å². The first kappa shape index (κ1) is 36.0. The fourth-order valence-electron chi connectivity index (χ4n) is 4.14. The molecule has 0 radical (unpaired) electrons. The van der Waals surface area contributed by atoms with E-state index < -0.39 is 32.5 Å². The van der Waals surface area contributed by atoms with Gasteiger partial charge in [0.15, 0.2) is 6.10 Å². The SMILES string of the molecule is CCCCCCCCCCCCC(=O)OC(COC(=O)CCCCCCCCCCC)COP(=O)(O)O. The monoisotopic (exact) mass is 550 g/mol. The van der Waals surface area contributed by atoms with E-state index in [0.29, 0.717) is 6.42 Å². The van der Waals surface area contributed by atoms with E-state index in [-0.39, 0.29) is 19.4 Å². The lowest BCUT2D eigenvalue weighted by Gasteiger charge is -2.18. The minimum absolute atomic E-state index is 0.218. The molecule has 0 fully saturated rings. The topological polar surface area (TPSA) is 119 Å². The van der Waals surface area contributed by atoms with E-state index in [4.69, 9.17) is 19.3 Å². The van der Waals surface area contributed by atoms with Crippen molar-refractivity contribution in [3.05, 3.63) is 0 Å². The molecule has 0 aliphatic rings. The van der Waals surface area contributed by atoms with Gasteiger partial charge in [-0.3, -0.25) is 14.1 Å². The number of ether oxygens (including phenoxy) is 2. The summed E-state index contributed by atoms with van der Waals surface area (Å²) in [5.41, 5.74) is 0. The summed E-state index contributed by atoms with van der Waals surface area (Å²) in [4.78, 5) is 42.2.